The molecule has 0 aliphatic rings. The first-order valence-corrected chi connectivity index (χ1v) is 2.15. The Labute approximate surface area is 43.4 Å². The van der Waals surface area contributed by atoms with E-state index in [0.717, 1.165) is 0 Å². The van der Waals surface area contributed by atoms with Gasteiger partial charge in [-0.05, 0) is 0 Å². The van der Waals surface area contributed by atoms with Crippen LogP contribution in [0.25, 0.3) is 0 Å². The molecule has 0 aromatic heterocycles. The average molecular weight is 121 g/mol. The number of hydrogen-bond donors (Lipinski definition) is 1. The molecule has 1 N–H and O–H groups in total. The second-order valence-corrected chi connectivity index (χ2v) is 1.16. The molecule has 0 bridgehead atoms. The van der Waals surface area contributed by atoms with Gasteiger partial charge in [0.1, 0.15) is 0 Å². The van der Waals surface area contributed by atoms with Gasteiger partial charge in [0.2, 0.25) is 0 Å². The molecule has 0 aliphatic carbocycles. The lowest BCUT2D eigenvalue weighted by Gasteiger charge is -1.73. The van der Waals surface area contributed by atoms with Crippen molar-refractivity contribution >= 4 is 17.4 Å². The quantitative estimate of drug-likeness (QED) is 0.534. The highest BCUT2D eigenvalue weighted by Gasteiger charge is 1.87. The predicted molar refractivity (Wildman–Crippen MR) is 23.1 cm³/mol. The van der Waals surface area contributed by atoms with E-state index in [0.29, 0.717) is 0 Å². The molecule has 0 amide bonds. The van der Waals surface area contributed by atoms with E-state index < -0.39 is 12.5 Å². The monoisotopic (exact) mass is 121 g/mol. The highest BCUT2D eigenvalue weighted by Crippen LogP contribution is 1.63. The number of rotatable bonds is 2. The van der Waals surface area contributed by atoms with E-state index in [9.17, 15) is 9.00 Å². The standard InChI is InChI=1S/C2H3NO3S/c4-2(5)1-3-7-6/h1H2,(H,4,5). The molecule has 5 heteroatoms. The molecule has 0 radical (unpaired) electrons. The van der Waals surface area contributed by atoms with Crippen LogP contribution >= 0.6 is 0 Å². The first kappa shape index (κ1) is 6.29. The van der Waals surface area contributed by atoms with Gasteiger partial charge in [-0.3, -0.25) is 4.79 Å². The SMILES string of the molecule is O=S=NCC(=O)O. The van der Waals surface area contributed by atoms with Crippen LogP contribution in [0.3, 0.4) is 0 Å². The third kappa shape index (κ3) is 5.29. The minimum atomic E-state index is -1.08. The molecule has 0 saturated heterocycles. The maximum Gasteiger partial charge on any atom is 0.326 e. The molecule has 0 aromatic carbocycles. The molecular formula is C2H3NO3S. The van der Waals surface area contributed by atoms with Crippen molar-refractivity contribution in [1.29, 1.82) is 0 Å². The smallest absolute Gasteiger partial charge is 0.326 e. The van der Waals surface area contributed by atoms with Gasteiger partial charge in [0, 0.05) is 0 Å². The Morgan fingerprint density at radius 3 is 2.57 bits per heavy atom. The second kappa shape index (κ2) is 3.48. The van der Waals surface area contributed by atoms with Crippen molar-refractivity contribution in [2.24, 2.45) is 4.36 Å². The van der Waals surface area contributed by atoms with Crippen LogP contribution in [-0.4, -0.2) is 21.8 Å². The average Bonchev–Trinajstić information content (AvgIpc) is 1.61. The summed E-state index contributed by atoms with van der Waals surface area (Å²) in [4.78, 5) is 9.51. The van der Waals surface area contributed by atoms with Crippen molar-refractivity contribution in [2.45, 2.75) is 0 Å². The first-order chi connectivity index (χ1) is 3.27. The Morgan fingerprint density at radius 1 is 1.86 bits per heavy atom. The number of aliphatic carboxylic acids is 1. The maximum absolute atomic E-state index is 9.51. The van der Waals surface area contributed by atoms with Crippen LogP contribution in [0.15, 0.2) is 4.36 Å². The lowest BCUT2D eigenvalue weighted by atomic mass is 10.7. The van der Waals surface area contributed by atoms with Crippen LogP contribution in [0, 0.1) is 0 Å². The van der Waals surface area contributed by atoms with Gasteiger partial charge in [-0.1, -0.05) is 0 Å². The molecule has 0 saturated carbocycles. The van der Waals surface area contributed by atoms with Gasteiger partial charge in [0.15, 0.2) is 18.0 Å². The summed E-state index contributed by atoms with van der Waals surface area (Å²) in [5.41, 5.74) is 0. The van der Waals surface area contributed by atoms with E-state index in [1.54, 1.807) is 0 Å². The van der Waals surface area contributed by atoms with Crippen molar-refractivity contribution in [1.82, 2.24) is 0 Å². The van der Waals surface area contributed by atoms with E-state index in [1.165, 1.54) is 0 Å². The van der Waals surface area contributed by atoms with Crippen LogP contribution in [0.5, 0.6) is 0 Å². The van der Waals surface area contributed by atoms with Gasteiger partial charge in [-0.2, -0.15) is 8.57 Å². The maximum atomic E-state index is 9.51. The molecule has 0 atom stereocenters. The minimum Gasteiger partial charge on any atom is -0.480 e. The Bertz CT molecular complexity index is 116. The van der Waals surface area contributed by atoms with Gasteiger partial charge < -0.3 is 5.11 Å². The van der Waals surface area contributed by atoms with E-state index in [2.05, 4.69) is 4.36 Å². The fraction of sp³-hybridized carbons (Fsp3) is 0.500. The van der Waals surface area contributed by atoms with E-state index in [4.69, 9.17) is 5.11 Å². The van der Waals surface area contributed by atoms with E-state index in [-0.39, 0.29) is 11.5 Å². The molecule has 0 unspecified atom stereocenters. The van der Waals surface area contributed by atoms with Gasteiger partial charge in [-0.15, -0.1) is 0 Å². The van der Waals surface area contributed by atoms with Crippen LogP contribution in [0.2, 0.25) is 0 Å². The Balaban J connectivity index is 3.32. The normalized spacial score (nSPS) is 7.43. The van der Waals surface area contributed by atoms with E-state index >= 15 is 0 Å². The summed E-state index contributed by atoms with van der Waals surface area (Å²) >= 11 is -0.0759. The summed E-state index contributed by atoms with van der Waals surface area (Å²) in [6.07, 6.45) is 0. The zero-order chi connectivity index (χ0) is 5.70. The number of nitrogens with zero attached hydrogens (tertiary/aromatic N) is 1. The lowest BCUT2D eigenvalue weighted by Crippen LogP contribution is -1.97. The van der Waals surface area contributed by atoms with Gasteiger partial charge in [-0.25, -0.2) is 0 Å². The van der Waals surface area contributed by atoms with Crippen molar-refractivity contribution in [3.05, 3.63) is 0 Å². The molecular weight excluding hydrogens is 118 g/mol. The van der Waals surface area contributed by atoms with Crippen LogP contribution < -0.4 is 0 Å². The fourth-order valence-corrected chi connectivity index (χ4v) is 0.245. The topological polar surface area (TPSA) is 66.7 Å². The molecule has 4 nitrogen and oxygen atoms in total. The number of carboxylic acid groups (broad SMARTS) is 1. The number of hydrogen-bond acceptors (Lipinski definition) is 3. The number of carboxylic acids is 1. The van der Waals surface area contributed by atoms with Crippen LogP contribution in [0.1, 0.15) is 0 Å². The molecule has 0 rings (SSSR count). The molecule has 0 fully saturated rings. The summed E-state index contributed by atoms with van der Waals surface area (Å²) in [5, 5.41) is 7.80. The summed E-state index contributed by atoms with van der Waals surface area (Å²) in [7, 11) is 0. The fourth-order valence-electron chi connectivity index (χ4n) is 0.0816. The Kier molecular flexibility index (Phi) is 3.13. The van der Waals surface area contributed by atoms with Gasteiger partial charge >= 0.3 is 5.97 Å². The van der Waals surface area contributed by atoms with Crippen molar-refractivity contribution in [2.75, 3.05) is 6.54 Å². The highest BCUT2D eigenvalue weighted by molar-refractivity contribution is 7.54. The summed E-state index contributed by atoms with van der Waals surface area (Å²) < 4.78 is 12.3. The van der Waals surface area contributed by atoms with Gasteiger partial charge in [0.25, 0.3) is 0 Å². The zero-order valence-corrected chi connectivity index (χ0v) is 4.14. The third-order valence-corrected chi connectivity index (χ3v) is 0.487. The molecule has 7 heavy (non-hydrogen) atoms. The minimum absolute atomic E-state index is 0.0759. The van der Waals surface area contributed by atoms with Crippen molar-refractivity contribution in [3.8, 4) is 0 Å². The summed E-state index contributed by atoms with van der Waals surface area (Å²) in [6, 6.07) is 0. The third-order valence-electron chi connectivity index (χ3n) is 0.253. The van der Waals surface area contributed by atoms with Gasteiger partial charge in [0.05, 0.1) is 0 Å². The molecule has 0 spiro atoms. The molecule has 0 aliphatic heterocycles. The highest BCUT2D eigenvalue weighted by atomic mass is 32.1. The van der Waals surface area contributed by atoms with Crippen molar-refractivity contribution < 1.29 is 14.1 Å². The Hall–Kier alpha value is -0.710. The predicted octanol–water partition coefficient (Wildman–Crippen LogP) is -0.532. The first-order valence-electron chi connectivity index (χ1n) is 1.45. The zero-order valence-electron chi connectivity index (χ0n) is 3.33. The molecule has 40 valence electrons. The second-order valence-electron chi connectivity index (χ2n) is 0.755. The van der Waals surface area contributed by atoms with Crippen molar-refractivity contribution in [3.63, 3.8) is 0 Å². The lowest BCUT2D eigenvalue weighted by molar-refractivity contribution is -0.135. The van der Waals surface area contributed by atoms with Crippen LogP contribution in [-0.2, 0) is 16.3 Å². The molecule has 0 heterocycles. The van der Waals surface area contributed by atoms with E-state index in [1.807, 2.05) is 0 Å². The largest absolute Gasteiger partial charge is 0.480 e. The number of carbonyl (C=O) groups is 1. The summed E-state index contributed by atoms with van der Waals surface area (Å²) in [6.45, 7) is -0.409. The summed E-state index contributed by atoms with van der Waals surface area (Å²) in [5.74, 6) is -1.08. The molecule has 0 aromatic rings. The Morgan fingerprint density at radius 2 is 2.43 bits per heavy atom. The van der Waals surface area contributed by atoms with Crippen LogP contribution in [0.4, 0.5) is 0 Å².